The Morgan fingerprint density at radius 2 is 1.84 bits per heavy atom. The van der Waals surface area contributed by atoms with Crippen LogP contribution in [0.4, 0.5) is 0 Å². The van der Waals surface area contributed by atoms with Crippen molar-refractivity contribution in [3.8, 4) is 17.2 Å². The zero-order valence-corrected chi connectivity index (χ0v) is 14.3. The van der Waals surface area contributed by atoms with E-state index in [0.29, 0.717) is 34.4 Å². The Hall–Kier alpha value is -3.03. The number of carbonyl (C=O) groups is 1. The van der Waals surface area contributed by atoms with E-state index < -0.39 is 0 Å². The van der Waals surface area contributed by atoms with Crippen molar-refractivity contribution < 1.29 is 19.0 Å². The molecule has 25 heavy (non-hydrogen) atoms. The lowest BCUT2D eigenvalue weighted by atomic mass is 10.2. The van der Waals surface area contributed by atoms with Gasteiger partial charge in [-0.05, 0) is 25.0 Å². The fourth-order valence-electron chi connectivity index (χ4n) is 2.43. The lowest BCUT2D eigenvalue weighted by molar-refractivity contribution is 0.0950. The number of carbonyl (C=O) groups excluding carboxylic acids is 1. The number of aromatic nitrogens is 2. The van der Waals surface area contributed by atoms with Crippen molar-refractivity contribution in [2.45, 2.75) is 18.8 Å². The fraction of sp³-hybridized carbons (Fsp3) is 0.353. The van der Waals surface area contributed by atoms with Gasteiger partial charge in [-0.25, -0.2) is 5.43 Å². The highest BCUT2D eigenvalue weighted by molar-refractivity contribution is 5.93. The summed E-state index contributed by atoms with van der Waals surface area (Å²) in [6, 6.07) is 5.17. The predicted molar refractivity (Wildman–Crippen MR) is 91.7 cm³/mol. The van der Waals surface area contributed by atoms with E-state index in [-0.39, 0.29) is 5.91 Å². The highest BCUT2D eigenvalue weighted by atomic mass is 16.5. The van der Waals surface area contributed by atoms with Gasteiger partial charge in [0.1, 0.15) is 5.75 Å². The number of nitrogens with zero attached hydrogens (tertiary/aromatic N) is 2. The monoisotopic (exact) mass is 344 g/mol. The molecular formula is C17H20N4O4. The lowest BCUT2D eigenvalue weighted by Crippen LogP contribution is -2.18. The molecule has 0 bridgehead atoms. The average Bonchev–Trinajstić information content (AvgIpc) is 3.37. The predicted octanol–water partition coefficient (Wildman–Crippen LogP) is 2.08. The second-order valence-corrected chi connectivity index (χ2v) is 5.63. The van der Waals surface area contributed by atoms with Crippen molar-refractivity contribution in [3.05, 3.63) is 35.2 Å². The highest BCUT2D eigenvalue weighted by Crippen LogP contribution is 2.39. The van der Waals surface area contributed by atoms with Crippen LogP contribution in [0.3, 0.4) is 0 Å². The summed E-state index contributed by atoms with van der Waals surface area (Å²) in [7, 11) is 4.63. The standard InChI is InChI=1S/C17H20N4O4/c1-23-14-8-16(25-3)15(24-2)6-11(14)9-18-21-17(22)13-7-12(19-20-13)10-4-5-10/h6-10H,4-5H2,1-3H3,(H,19,20)(H,21,22). The average molecular weight is 344 g/mol. The Bertz CT molecular complexity index is 796. The third-order valence-corrected chi connectivity index (χ3v) is 3.95. The summed E-state index contributed by atoms with van der Waals surface area (Å²) in [5.74, 6) is 1.76. The van der Waals surface area contributed by atoms with Crippen molar-refractivity contribution >= 4 is 12.1 Å². The minimum absolute atomic E-state index is 0.318. The van der Waals surface area contributed by atoms with Crippen molar-refractivity contribution in [2.75, 3.05) is 21.3 Å². The molecule has 0 unspecified atom stereocenters. The molecule has 0 atom stereocenters. The fourth-order valence-corrected chi connectivity index (χ4v) is 2.43. The van der Waals surface area contributed by atoms with Crippen LogP contribution in [0.25, 0.3) is 0 Å². The lowest BCUT2D eigenvalue weighted by Gasteiger charge is -2.11. The van der Waals surface area contributed by atoms with E-state index in [9.17, 15) is 4.79 Å². The molecule has 8 heteroatoms. The Morgan fingerprint density at radius 3 is 2.48 bits per heavy atom. The van der Waals surface area contributed by atoms with Crippen molar-refractivity contribution in [3.63, 3.8) is 0 Å². The van der Waals surface area contributed by atoms with Gasteiger partial charge in [-0.15, -0.1) is 0 Å². The van der Waals surface area contributed by atoms with Gasteiger partial charge in [0.25, 0.3) is 5.91 Å². The topological polar surface area (TPSA) is 97.8 Å². The number of H-pyrrole nitrogens is 1. The number of amides is 1. The summed E-state index contributed by atoms with van der Waals surface area (Å²) in [6.07, 6.45) is 3.76. The SMILES string of the molecule is COc1cc(OC)c(OC)cc1C=NNC(=O)c1cc(C2CC2)[nH]n1. The van der Waals surface area contributed by atoms with E-state index >= 15 is 0 Å². The van der Waals surface area contributed by atoms with Gasteiger partial charge in [0.15, 0.2) is 17.2 Å². The molecule has 0 spiro atoms. The number of hydrogen-bond acceptors (Lipinski definition) is 6. The van der Waals surface area contributed by atoms with Gasteiger partial charge < -0.3 is 14.2 Å². The van der Waals surface area contributed by atoms with Crippen molar-refractivity contribution in [1.29, 1.82) is 0 Å². The van der Waals surface area contributed by atoms with Crippen LogP contribution in [0, 0.1) is 0 Å². The molecule has 132 valence electrons. The largest absolute Gasteiger partial charge is 0.496 e. The van der Waals surface area contributed by atoms with Gasteiger partial charge in [0, 0.05) is 23.2 Å². The summed E-state index contributed by atoms with van der Waals surface area (Å²) in [5, 5.41) is 10.9. The molecule has 1 aromatic heterocycles. The Morgan fingerprint density at radius 1 is 1.16 bits per heavy atom. The maximum Gasteiger partial charge on any atom is 0.291 e. The number of rotatable bonds is 7. The van der Waals surface area contributed by atoms with E-state index in [1.165, 1.54) is 6.21 Å². The molecule has 1 aliphatic carbocycles. The molecule has 1 fully saturated rings. The van der Waals surface area contributed by atoms with Gasteiger partial charge in [0.05, 0.1) is 27.5 Å². The number of benzene rings is 1. The minimum Gasteiger partial charge on any atom is -0.496 e. The number of nitrogens with one attached hydrogen (secondary N) is 2. The molecule has 1 aromatic carbocycles. The third-order valence-electron chi connectivity index (χ3n) is 3.95. The molecule has 3 rings (SSSR count). The number of hydrazone groups is 1. The molecule has 1 saturated carbocycles. The molecule has 0 aliphatic heterocycles. The van der Waals surface area contributed by atoms with Crippen LogP contribution in [0.1, 0.15) is 40.5 Å². The Kier molecular flexibility index (Phi) is 4.87. The van der Waals surface area contributed by atoms with Crippen molar-refractivity contribution in [2.24, 2.45) is 5.10 Å². The first-order valence-corrected chi connectivity index (χ1v) is 7.85. The number of ether oxygens (including phenoxy) is 3. The Balaban J connectivity index is 1.71. The maximum absolute atomic E-state index is 12.1. The molecule has 8 nitrogen and oxygen atoms in total. The zero-order valence-electron chi connectivity index (χ0n) is 14.3. The van der Waals surface area contributed by atoms with Crippen LogP contribution in [-0.2, 0) is 0 Å². The molecule has 1 amide bonds. The Labute approximate surface area is 145 Å². The van der Waals surface area contributed by atoms with Gasteiger partial charge in [-0.2, -0.15) is 10.2 Å². The number of aromatic amines is 1. The maximum atomic E-state index is 12.1. The molecule has 0 radical (unpaired) electrons. The smallest absolute Gasteiger partial charge is 0.291 e. The van der Waals surface area contributed by atoms with E-state index in [0.717, 1.165) is 18.5 Å². The molecule has 1 aliphatic rings. The van der Waals surface area contributed by atoms with E-state index in [1.54, 1.807) is 39.5 Å². The van der Waals surface area contributed by atoms with Crippen LogP contribution >= 0.6 is 0 Å². The summed E-state index contributed by atoms with van der Waals surface area (Å²) >= 11 is 0. The first kappa shape index (κ1) is 16.8. The molecule has 2 aromatic rings. The van der Waals surface area contributed by atoms with Gasteiger partial charge in [-0.3, -0.25) is 9.89 Å². The van der Waals surface area contributed by atoms with Crippen molar-refractivity contribution in [1.82, 2.24) is 15.6 Å². The van der Waals surface area contributed by atoms with Crippen LogP contribution in [-0.4, -0.2) is 43.6 Å². The first-order chi connectivity index (χ1) is 12.2. The second-order valence-electron chi connectivity index (χ2n) is 5.63. The highest BCUT2D eigenvalue weighted by Gasteiger charge is 2.26. The van der Waals surface area contributed by atoms with E-state index in [4.69, 9.17) is 14.2 Å². The summed E-state index contributed by atoms with van der Waals surface area (Å²) in [5.41, 5.74) is 4.41. The van der Waals surface area contributed by atoms with Gasteiger partial charge in [0.2, 0.25) is 0 Å². The van der Waals surface area contributed by atoms with E-state index in [1.807, 2.05) is 0 Å². The summed E-state index contributed by atoms with van der Waals surface area (Å²) in [4.78, 5) is 12.1. The first-order valence-electron chi connectivity index (χ1n) is 7.85. The number of methoxy groups -OCH3 is 3. The summed E-state index contributed by atoms with van der Waals surface area (Å²) in [6.45, 7) is 0. The second kappa shape index (κ2) is 7.25. The zero-order chi connectivity index (χ0) is 17.8. The minimum atomic E-state index is -0.376. The number of hydrogen-bond donors (Lipinski definition) is 2. The van der Waals surface area contributed by atoms with Crippen LogP contribution in [0.15, 0.2) is 23.3 Å². The molecule has 1 heterocycles. The van der Waals surface area contributed by atoms with Gasteiger partial charge >= 0.3 is 0 Å². The van der Waals surface area contributed by atoms with E-state index in [2.05, 4.69) is 20.7 Å². The third kappa shape index (κ3) is 3.73. The van der Waals surface area contributed by atoms with Crippen LogP contribution in [0.2, 0.25) is 0 Å². The quantitative estimate of drug-likeness (QED) is 0.592. The summed E-state index contributed by atoms with van der Waals surface area (Å²) < 4.78 is 15.8. The van der Waals surface area contributed by atoms with Crippen LogP contribution in [0.5, 0.6) is 17.2 Å². The molecular weight excluding hydrogens is 324 g/mol. The normalized spacial score (nSPS) is 13.7. The van der Waals surface area contributed by atoms with Crippen LogP contribution < -0.4 is 19.6 Å². The molecule has 0 saturated heterocycles. The molecule has 2 N–H and O–H groups in total. The van der Waals surface area contributed by atoms with Gasteiger partial charge in [-0.1, -0.05) is 0 Å².